The van der Waals surface area contributed by atoms with Gasteiger partial charge in [-0.1, -0.05) is 0 Å². The number of halogens is 1. The van der Waals surface area contributed by atoms with Crippen molar-refractivity contribution in [3.8, 4) is 0 Å². The number of aromatic nitrogens is 2. The summed E-state index contributed by atoms with van der Waals surface area (Å²) in [5.41, 5.74) is 0. The van der Waals surface area contributed by atoms with Crippen LogP contribution in [0.15, 0.2) is 24.3 Å². The zero-order chi connectivity index (χ0) is 11.5. The lowest BCUT2D eigenvalue weighted by atomic mass is 10.2. The van der Waals surface area contributed by atoms with Crippen LogP contribution < -0.4 is 0 Å². The maximum absolute atomic E-state index is 13.1. The van der Waals surface area contributed by atoms with Crippen LogP contribution >= 0.6 is 0 Å². The fraction of sp³-hybridized carbons (Fsp3) is 0.455. The molecule has 0 fully saturated rings. The van der Waals surface area contributed by atoms with Crippen LogP contribution in [0.5, 0.6) is 0 Å². The van der Waals surface area contributed by atoms with E-state index in [0.717, 1.165) is 0 Å². The SMILES string of the molecule is CCn1ccnc1C(=O)N1CCC=C(F)C1. The Balaban J connectivity index is 2.16. The van der Waals surface area contributed by atoms with Crippen LogP contribution in [-0.4, -0.2) is 33.4 Å². The first-order valence-corrected chi connectivity index (χ1v) is 5.37. The molecular weight excluding hydrogens is 209 g/mol. The van der Waals surface area contributed by atoms with Crippen molar-refractivity contribution in [2.75, 3.05) is 13.1 Å². The van der Waals surface area contributed by atoms with E-state index in [4.69, 9.17) is 0 Å². The molecule has 4 nitrogen and oxygen atoms in total. The molecule has 0 saturated carbocycles. The standard InChI is InChI=1S/C11H14FN3O/c1-2-14-7-5-13-10(14)11(16)15-6-3-4-9(12)8-15/h4-5,7H,2-3,6,8H2,1H3. The third-order valence-corrected chi connectivity index (χ3v) is 2.64. The van der Waals surface area contributed by atoms with Gasteiger partial charge in [-0.25, -0.2) is 9.37 Å². The van der Waals surface area contributed by atoms with Crippen LogP contribution in [0.2, 0.25) is 0 Å². The van der Waals surface area contributed by atoms with Gasteiger partial charge in [0.25, 0.3) is 5.91 Å². The summed E-state index contributed by atoms with van der Waals surface area (Å²) in [7, 11) is 0. The summed E-state index contributed by atoms with van der Waals surface area (Å²) in [6.07, 6.45) is 5.44. The van der Waals surface area contributed by atoms with Gasteiger partial charge >= 0.3 is 0 Å². The third kappa shape index (κ3) is 1.98. The van der Waals surface area contributed by atoms with Gasteiger partial charge in [0.05, 0.1) is 6.54 Å². The van der Waals surface area contributed by atoms with E-state index in [9.17, 15) is 9.18 Å². The van der Waals surface area contributed by atoms with E-state index < -0.39 is 0 Å². The molecule has 0 atom stereocenters. The Morgan fingerprint density at radius 2 is 2.44 bits per heavy atom. The second-order valence-corrected chi connectivity index (χ2v) is 3.70. The molecule has 1 aromatic heterocycles. The Labute approximate surface area is 93.4 Å². The van der Waals surface area contributed by atoms with Crippen molar-refractivity contribution in [2.45, 2.75) is 19.9 Å². The average molecular weight is 223 g/mol. The Morgan fingerprint density at radius 1 is 1.62 bits per heavy atom. The first kappa shape index (κ1) is 10.9. The van der Waals surface area contributed by atoms with Gasteiger partial charge in [0.1, 0.15) is 5.83 Å². The van der Waals surface area contributed by atoms with E-state index in [1.165, 1.54) is 11.0 Å². The molecule has 1 aromatic rings. The highest BCUT2D eigenvalue weighted by atomic mass is 19.1. The minimum absolute atomic E-state index is 0.0649. The smallest absolute Gasteiger partial charge is 0.290 e. The minimum atomic E-state index is -0.241. The molecule has 0 spiro atoms. The molecule has 0 unspecified atom stereocenters. The van der Waals surface area contributed by atoms with Gasteiger partial charge in [-0.15, -0.1) is 0 Å². The zero-order valence-corrected chi connectivity index (χ0v) is 9.19. The first-order chi connectivity index (χ1) is 7.72. The number of aryl methyl sites for hydroxylation is 1. The van der Waals surface area contributed by atoms with Gasteiger partial charge in [-0.3, -0.25) is 4.79 Å². The lowest BCUT2D eigenvalue weighted by Crippen LogP contribution is -2.36. The van der Waals surface area contributed by atoms with Crippen molar-refractivity contribution in [1.82, 2.24) is 14.5 Å². The quantitative estimate of drug-likeness (QED) is 0.763. The Morgan fingerprint density at radius 3 is 3.12 bits per heavy atom. The van der Waals surface area contributed by atoms with Gasteiger partial charge < -0.3 is 9.47 Å². The largest absolute Gasteiger partial charge is 0.329 e. The monoisotopic (exact) mass is 223 g/mol. The second kappa shape index (κ2) is 4.47. The third-order valence-electron chi connectivity index (χ3n) is 2.64. The van der Waals surface area contributed by atoms with Gasteiger partial charge in [-0.05, 0) is 19.4 Å². The molecule has 2 rings (SSSR count). The molecular formula is C11H14FN3O. The van der Waals surface area contributed by atoms with Crippen molar-refractivity contribution >= 4 is 5.91 Å². The Bertz CT molecular complexity index is 425. The molecule has 5 heteroatoms. The number of carbonyl (C=O) groups is 1. The van der Waals surface area contributed by atoms with Gasteiger partial charge in [0.15, 0.2) is 5.82 Å². The molecule has 16 heavy (non-hydrogen) atoms. The maximum Gasteiger partial charge on any atom is 0.290 e. The van der Waals surface area contributed by atoms with Crippen LogP contribution in [-0.2, 0) is 6.54 Å². The minimum Gasteiger partial charge on any atom is -0.329 e. The lowest BCUT2D eigenvalue weighted by Gasteiger charge is -2.24. The number of imidazole rings is 1. The summed E-state index contributed by atoms with van der Waals surface area (Å²) in [6.45, 7) is 3.25. The van der Waals surface area contributed by atoms with Gasteiger partial charge in [0.2, 0.25) is 0 Å². The van der Waals surface area contributed by atoms with E-state index in [1.54, 1.807) is 17.0 Å². The van der Waals surface area contributed by atoms with Crippen molar-refractivity contribution in [3.05, 3.63) is 30.1 Å². The summed E-state index contributed by atoms with van der Waals surface area (Å²) < 4.78 is 14.8. The van der Waals surface area contributed by atoms with Crippen LogP contribution in [0.1, 0.15) is 24.0 Å². The maximum atomic E-state index is 13.1. The summed E-state index contributed by atoms with van der Waals surface area (Å²) in [5.74, 6) is -0.0542. The van der Waals surface area contributed by atoms with Crippen molar-refractivity contribution in [2.24, 2.45) is 0 Å². The lowest BCUT2D eigenvalue weighted by molar-refractivity contribution is 0.0738. The summed E-state index contributed by atoms with van der Waals surface area (Å²) >= 11 is 0. The number of rotatable bonds is 2. The molecule has 0 aliphatic carbocycles. The zero-order valence-electron chi connectivity index (χ0n) is 9.19. The molecule has 0 radical (unpaired) electrons. The van der Waals surface area contributed by atoms with E-state index in [0.29, 0.717) is 25.3 Å². The highest BCUT2D eigenvalue weighted by Gasteiger charge is 2.22. The highest BCUT2D eigenvalue weighted by Crippen LogP contribution is 2.13. The molecule has 0 aromatic carbocycles. The molecule has 1 amide bonds. The fourth-order valence-corrected chi connectivity index (χ4v) is 1.78. The Kier molecular flexibility index (Phi) is 3.03. The number of hydrogen-bond acceptors (Lipinski definition) is 2. The van der Waals surface area contributed by atoms with E-state index in [2.05, 4.69) is 4.98 Å². The normalized spacial score (nSPS) is 16.1. The van der Waals surface area contributed by atoms with Crippen molar-refractivity contribution in [3.63, 3.8) is 0 Å². The first-order valence-electron chi connectivity index (χ1n) is 5.37. The summed E-state index contributed by atoms with van der Waals surface area (Å²) in [4.78, 5) is 17.5. The van der Waals surface area contributed by atoms with Gasteiger partial charge in [0, 0.05) is 25.5 Å². The molecule has 0 N–H and O–H groups in total. The predicted molar refractivity (Wildman–Crippen MR) is 57.6 cm³/mol. The van der Waals surface area contributed by atoms with E-state index >= 15 is 0 Å². The number of carbonyl (C=O) groups excluding carboxylic acids is 1. The van der Waals surface area contributed by atoms with Crippen LogP contribution in [0, 0.1) is 0 Å². The molecule has 1 aliphatic heterocycles. The number of hydrogen-bond donors (Lipinski definition) is 0. The molecule has 0 saturated heterocycles. The summed E-state index contributed by atoms with van der Waals surface area (Å²) in [6, 6.07) is 0. The van der Waals surface area contributed by atoms with Crippen LogP contribution in [0.3, 0.4) is 0 Å². The van der Waals surface area contributed by atoms with Crippen molar-refractivity contribution in [1.29, 1.82) is 0 Å². The molecule has 2 heterocycles. The average Bonchev–Trinajstić information content (AvgIpc) is 2.76. The topological polar surface area (TPSA) is 38.1 Å². The molecule has 86 valence electrons. The fourth-order valence-electron chi connectivity index (χ4n) is 1.78. The van der Waals surface area contributed by atoms with Gasteiger partial charge in [-0.2, -0.15) is 0 Å². The van der Waals surface area contributed by atoms with Crippen LogP contribution in [0.4, 0.5) is 4.39 Å². The van der Waals surface area contributed by atoms with Crippen molar-refractivity contribution < 1.29 is 9.18 Å². The summed E-state index contributed by atoms with van der Waals surface area (Å²) in [5, 5.41) is 0. The predicted octanol–water partition coefficient (Wildman–Crippen LogP) is 1.60. The molecule has 0 bridgehead atoms. The number of amides is 1. The van der Waals surface area contributed by atoms with E-state index in [1.807, 2.05) is 6.92 Å². The highest BCUT2D eigenvalue weighted by molar-refractivity contribution is 5.91. The molecule has 1 aliphatic rings. The van der Waals surface area contributed by atoms with Crippen LogP contribution in [0.25, 0.3) is 0 Å². The Hall–Kier alpha value is -1.65. The number of nitrogens with zero attached hydrogens (tertiary/aromatic N) is 3. The van der Waals surface area contributed by atoms with E-state index in [-0.39, 0.29) is 18.3 Å². The second-order valence-electron chi connectivity index (χ2n) is 3.70.